The number of para-hydroxylation sites is 1. The molecule has 10 nitrogen and oxygen atoms in total. The molecule has 0 aliphatic carbocycles. The highest BCUT2D eigenvalue weighted by Gasteiger charge is 2.31. The summed E-state index contributed by atoms with van der Waals surface area (Å²) in [5.74, 6) is 0.323. The van der Waals surface area contributed by atoms with Gasteiger partial charge < -0.3 is 20.5 Å². The van der Waals surface area contributed by atoms with Gasteiger partial charge in [-0.2, -0.15) is 18.3 Å². The summed E-state index contributed by atoms with van der Waals surface area (Å²) < 4.78 is 40.9. The predicted molar refractivity (Wildman–Crippen MR) is 170 cm³/mol. The van der Waals surface area contributed by atoms with E-state index in [0.29, 0.717) is 30.1 Å². The number of carbonyl (C=O) groups is 3. The summed E-state index contributed by atoms with van der Waals surface area (Å²) in [6.07, 6.45) is -1.48. The number of fused-ring (bicyclic) bond motifs is 2. The maximum atomic E-state index is 13.9. The number of aromatic nitrogens is 4. The molecule has 5 rings (SSSR count). The summed E-state index contributed by atoms with van der Waals surface area (Å²) >= 11 is 0. The highest BCUT2D eigenvalue weighted by atomic mass is 19.4. The van der Waals surface area contributed by atoms with E-state index in [1.807, 2.05) is 44.3 Å². The first-order valence-corrected chi connectivity index (χ1v) is 15.9. The smallest absolute Gasteiger partial charge is 0.361 e. The second-order valence-electron chi connectivity index (χ2n) is 12.5. The third-order valence-electron chi connectivity index (χ3n) is 8.30. The fraction of sp³-hybridized carbons (Fsp3) is 0.441. The number of benzene rings is 2. The molecule has 0 fully saturated rings. The molecule has 0 radical (unpaired) electrons. The predicted octanol–water partition coefficient (Wildman–Crippen LogP) is 4.88. The molecule has 3 amide bonds. The molecule has 3 heterocycles. The summed E-state index contributed by atoms with van der Waals surface area (Å²) in [5, 5.41) is 11.6. The van der Waals surface area contributed by atoms with E-state index in [9.17, 15) is 27.6 Å². The minimum atomic E-state index is -4.47. The number of alkyl halides is 3. The fourth-order valence-electron chi connectivity index (χ4n) is 5.97. The number of amides is 3. The maximum Gasteiger partial charge on any atom is 0.416 e. The Hall–Kier alpha value is -4.68. The van der Waals surface area contributed by atoms with Gasteiger partial charge in [0.15, 0.2) is 0 Å². The van der Waals surface area contributed by atoms with Crippen molar-refractivity contribution in [3.8, 4) is 0 Å². The average molecular weight is 652 g/mol. The summed E-state index contributed by atoms with van der Waals surface area (Å²) in [5.41, 5.74) is 1.49. The zero-order valence-electron chi connectivity index (χ0n) is 26.7. The van der Waals surface area contributed by atoms with Crippen molar-refractivity contribution in [3.05, 3.63) is 83.1 Å². The molecule has 3 N–H and O–H groups in total. The molecular formula is C34H40F3N7O3. The second-order valence-corrected chi connectivity index (χ2v) is 12.5. The fourth-order valence-corrected chi connectivity index (χ4v) is 5.97. The molecule has 2 aromatic carbocycles. The van der Waals surface area contributed by atoms with E-state index in [1.165, 1.54) is 12.1 Å². The molecule has 2 aromatic heterocycles. The van der Waals surface area contributed by atoms with E-state index in [1.54, 1.807) is 16.5 Å². The standard InChI is InChI=1S/C34H40F3N7O3/c1-21(2)17-28-32-39-22(3)42-44(32)16-15-43(31(46)18-23-10-12-25(13-11-23)34(35,36)37)14-6-9-30(45)40-29(33(47)41-28)19-24-20-38-27-8-5-4-7-26(24)27/h4-5,7-8,10-13,20-21,28-29,38H,6,9,14-19H2,1-3H3,(H,40,45)(H,41,47)/t28-,29+/m0/s1. The number of nitrogens with zero attached hydrogens (tertiary/aromatic N) is 4. The van der Waals surface area contributed by atoms with Crippen molar-refractivity contribution in [2.75, 3.05) is 13.1 Å². The lowest BCUT2D eigenvalue weighted by Gasteiger charge is -2.27. The summed E-state index contributed by atoms with van der Waals surface area (Å²) in [6, 6.07) is 10.9. The molecular weight excluding hydrogens is 611 g/mol. The van der Waals surface area contributed by atoms with E-state index >= 15 is 0 Å². The van der Waals surface area contributed by atoms with Crippen LogP contribution in [0.2, 0.25) is 0 Å². The van der Waals surface area contributed by atoms with Gasteiger partial charge in [-0.05, 0) is 55.0 Å². The summed E-state index contributed by atoms with van der Waals surface area (Å²) in [7, 11) is 0. The van der Waals surface area contributed by atoms with Crippen LogP contribution in [0.1, 0.15) is 67.5 Å². The lowest BCUT2D eigenvalue weighted by molar-refractivity contribution is -0.137. The molecule has 1 aliphatic rings. The Labute approximate surface area is 271 Å². The Morgan fingerprint density at radius 2 is 1.74 bits per heavy atom. The van der Waals surface area contributed by atoms with Crippen LogP contribution < -0.4 is 10.6 Å². The van der Waals surface area contributed by atoms with Crippen molar-refractivity contribution < 1.29 is 27.6 Å². The molecule has 250 valence electrons. The molecule has 47 heavy (non-hydrogen) atoms. The largest absolute Gasteiger partial charge is 0.416 e. The quantitative estimate of drug-likeness (QED) is 0.274. The number of H-pyrrole nitrogens is 1. The van der Waals surface area contributed by atoms with E-state index in [2.05, 4.69) is 25.7 Å². The van der Waals surface area contributed by atoms with Crippen LogP contribution in [0.4, 0.5) is 13.2 Å². The highest BCUT2D eigenvalue weighted by Crippen LogP contribution is 2.29. The number of hydrogen-bond donors (Lipinski definition) is 3. The van der Waals surface area contributed by atoms with E-state index in [-0.39, 0.29) is 62.5 Å². The first kappa shape index (κ1) is 33.7. The Kier molecular flexibility index (Phi) is 10.3. The van der Waals surface area contributed by atoms with Gasteiger partial charge >= 0.3 is 6.18 Å². The first-order valence-electron chi connectivity index (χ1n) is 15.9. The van der Waals surface area contributed by atoms with Crippen LogP contribution >= 0.6 is 0 Å². The molecule has 13 heteroatoms. The lowest BCUT2D eigenvalue weighted by Crippen LogP contribution is -2.49. The van der Waals surface area contributed by atoms with Crippen molar-refractivity contribution in [1.82, 2.24) is 35.3 Å². The van der Waals surface area contributed by atoms with Gasteiger partial charge in [0.2, 0.25) is 17.7 Å². The molecule has 0 spiro atoms. The number of aromatic amines is 1. The van der Waals surface area contributed by atoms with Gasteiger partial charge in [0.05, 0.1) is 24.6 Å². The van der Waals surface area contributed by atoms with E-state index < -0.39 is 23.8 Å². The van der Waals surface area contributed by atoms with Crippen LogP contribution in [0, 0.1) is 12.8 Å². The van der Waals surface area contributed by atoms with Crippen LogP contribution in [0.3, 0.4) is 0 Å². The first-order chi connectivity index (χ1) is 22.4. The van der Waals surface area contributed by atoms with Crippen LogP contribution in [-0.4, -0.2) is 61.5 Å². The number of carbonyl (C=O) groups excluding carboxylic acids is 3. The molecule has 0 saturated heterocycles. The molecule has 0 bridgehead atoms. The van der Waals surface area contributed by atoms with Gasteiger partial charge in [-0.1, -0.05) is 44.2 Å². The number of hydrogen-bond acceptors (Lipinski definition) is 5. The third-order valence-corrected chi connectivity index (χ3v) is 8.30. The number of nitrogens with one attached hydrogen (secondary N) is 3. The van der Waals surface area contributed by atoms with Crippen molar-refractivity contribution in [3.63, 3.8) is 0 Å². The highest BCUT2D eigenvalue weighted by molar-refractivity contribution is 5.90. The Morgan fingerprint density at radius 3 is 2.47 bits per heavy atom. The van der Waals surface area contributed by atoms with Gasteiger partial charge in [0.25, 0.3) is 0 Å². The summed E-state index contributed by atoms with van der Waals surface area (Å²) in [6.45, 7) is 6.60. The monoisotopic (exact) mass is 651 g/mol. The summed E-state index contributed by atoms with van der Waals surface area (Å²) in [4.78, 5) is 50.1. The number of aryl methyl sites for hydroxylation is 1. The van der Waals surface area contributed by atoms with E-state index in [4.69, 9.17) is 0 Å². The third kappa shape index (κ3) is 8.57. The van der Waals surface area contributed by atoms with Crippen LogP contribution in [0.15, 0.2) is 54.7 Å². The molecule has 4 aromatic rings. The van der Waals surface area contributed by atoms with Crippen LogP contribution in [-0.2, 0) is 39.9 Å². The van der Waals surface area contributed by atoms with Crippen molar-refractivity contribution in [1.29, 1.82) is 0 Å². The average Bonchev–Trinajstić information content (AvgIpc) is 3.60. The zero-order chi connectivity index (χ0) is 33.7. The second kappa shape index (κ2) is 14.4. The van der Waals surface area contributed by atoms with Crippen LogP contribution in [0.5, 0.6) is 0 Å². The molecule has 2 atom stereocenters. The zero-order valence-corrected chi connectivity index (χ0v) is 26.7. The molecule has 1 aliphatic heterocycles. The van der Waals surface area contributed by atoms with Gasteiger partial charge in [-0.15, -0.1) is 0 Å². The molecule has 0 unspecified atom stereocenters. The van der Waals surface area contributed by atoms with Gasteiger partial charge in [0.1, 0.15) is 17.7 Å². The Balaban J connectivity index is 1.41. The van der Waals surface area contributed by atoms with Crippen LogP contribution in [0.25, 0.3) is 10.9 Å². The van der Waals surface area contributed by atoms with Gasteiger partial charge in [-0.3, -0.25) is 14.4 Å². The van der Waals surface area contributed by atoms with Crippen molar-refractivity contribution in [2.45, 2.75) is 77.7 Å². The van der Waals surface area contributed by atoms with Crippen molar-refractivity contribution >= 4 is 28.6 Å². The van der Waals surface area contributed by atoms with E-state index in [0.717, 1.165) is 28.6 Å². The lowest BCUT2D eigenvalue weighted by atomic mass is 10.0. The minimum Gasteiger partial charge on any atom is -0.361 e. The molecule has 0 saturated carbocycles. The Morgan fingerprint density at radius 1 is 1.00 bits per heavy atom. The normalized spacial score (nSPS) is 18.5. The number of rotatable bonds is 6. The minimum absolute atomic E-state index is 0.0742. The topological polar surface area (TPSA) is 125 Å². The Bertz CT molecular complexity index is 1710. The SMILES string of the molecule is Cc1nc2n(n1)CCN(C(=O)Cc1ccc(C(F)(F)F)cc1)CCCC(=O)N[C@H](Cc1c[nH]c3ccccc13)C(=O)N[C@H]2CC(C)C. The number of halogens is 3. The maximum absolute atomic E-state index is 13.9. The van der Waals surface area contributed by atoms with Gasteiger partial charge in [-0.25, -0.2) is 9.67 Å². The van der Waals surface area contributed by atoms with Crippen molar-refractivity contribution in [2.24, 2.45) is 5.92 Å². The van der Waals surface area contributed by atoms with Gasteiger partial charge in [0, 0.05) is 43.0 Å².